The summed E-state index contributed by atoms with van der Waals surface area (Å²) in [5, 5.41) is 5.86. The zero-order valence-corrected chi connectivity index (χ0v) is 25.8. The molecule has 41 heavy (non-hydrogen) atoms. The van der Waals surface area contributed by atoms with Gasteiger partial charge in [-0.15, -0.1) is 0 Å². The average Bonchev–Trinajstić information content (AvgIpc) is 2.99. The van der Waals surface area contributed by atoms with Gasteiger partial charge in [-0.25, -0.2) is 0 Å². The van der Waals surface area contributed by atoms with Gasteiger partial charge in [0, 0.05) is 58.5 Å². The third-order valence-corrected chi connectivity index (χ3v) is 9.25. The molecule has 0 bridgehead atoms. The fraction of sp³-hybridized carbons (Fsp3) is 0.714. The van der Waals surface area contributed by atoms with Gasteiger partial charge in [0.05, 0.1) is 39.6 Å². The minimum atomic E-state index is -2.59. The van der Waals surface area contributed by atoms with Gasteiger partial charge in [-0.2, -0.15) is 0 Å². The molecule has 0 saturated heterocycles. The molecule has 2 rings (SSSR count). The number of carbonyl (C=O) groups excluding carboxylic acids is 2. The molecule has 1 aliphatic heterocycles. The Bertz CT molecular complexity index is 864. The van der Waals surface area contributed by atoms with Crippen molar-refractivity contribution in [2.45, 2.75) is 51.0 Å². The predicted octanol–water partition coefficient (Wildman–Crippen LogP) is 3.17. The molecular weight excluding hydrogens is 552 g/mol. The zero-order chi connectivity index (χ0) is 29.6. The van der Waals surface area contributed by atoms with Crippen LogP contribution in [-0.4, -0.2) is 101 Å². The second kappa shape index (κ2) is 21.4. The normalized spacial score (nSPS) is 15.4. The summed E-state index contributed by atoms with van der Waals surface area (Å²) < 4.78 is 44.3. The molecular formula is C28H48N2O10Si. The molecule has 2 N–H and O–H groups in total. The molecule has 0 radical (unpaired) electrons. The molecule has 0 aromatic heterocycles. The van der Waals surface area contributed by atoms with Crippen LogP contribution >= 0.6 is 0 Å². The number of anilines is 1. The van der Waals surface area contributed by atoms with Crippen LogP contribution in [0.25, 0.3) is 0 Å². The summed E-state index contributed by atoms with van der Waals surface area (Å²) in [4.78, 5) is 24.6. The number of nitrogens with one attached hydrogen (secondary N) is 2. The van der Waals surface area contributed by atoms with Crippen molar-refractivity contribution in [3.05, 3.63) is 18.2 Å². The van der Waals surface area contributed by atoms with Crippen molar-refractivity contribution < 1.29 is 46.6 Å². The van der Waals surface area contributed by atoms with Crippen LogP contribution in [0, 0.1) is 0 Å². The molecule has 0 fully saturated rings. The molecule has 1 aromatic rings. The number of unbranched alkanes of at least 4 members (excludes halogenated alkanes) is 3. The van der Waals surface area contributed by atoms with Crippen LogP contribution in [0.3, 0.4) is 0 Å². The van der Waals surface area contributed by atoms with E-state index in [9.17, 15) is 9.59 Å². The fourth-order valence-corrected chi connectivity index (χ4v) is 5.83. The van der Waals surface area contributed by atoms with E-state index < -0.39 is 8.80 Å². The van der Waals surface area contributed by atoms with Crippen molar-refractivity contribution >= 4 is 26.3 Å². The minimum Gasteiger partial charge on any atom is -0.487 e. The van der Waals surface area contributed by atoms with E-state index in [0.29, 0.717) is 95.5 Å². The van der Waals surface area contributed by atoms with Crippen LogP contribution in [0.2, 0.25) is 6.04 Å². The van der Waals surface area contributed by atoms with E-state index in [0.717, 1.165) is 32.1 Å². The first-order valence-electron chi connectivity index (χ1n) is 14.4. The van der Waals surface area contributed by atoms with E-state index in [1.807, 2.05) is 0 Å². The van der Waals surface area contributed by atoms with Crippen molar-refractivity contribution in [1.82, 2.24) is 5.32 Å². The third-order valence-electron chi connectivity index (χ3n) is 6.41. The van der Waals surface area contributed by atoms with Gasteiger partial charge in [-0.1, -0.05) is 12.8 Å². The highest BCUT2D eigenvalue weighted by Gasteiger charge is 2.36. The van der Waals surface area contributed by atoms with E-state index in [2.05, 4.69) is 10.6 Å². The van der Waals surface area contributed by atoms with E-state index in [-0.39, 0.29) is 11.8 Å². The monoisotopic (exact) mass is 600 g/mol. The highest BCUT2D eigenvalue weighted by atomic mass is 28.4. The molecule has 0 atom stereocenters. The van der Waals surface area contributed by atoms with Gasteiger partial charge in [-0.05, 0) is 31.4 Å². The Hall–Kier alpha value is -2.26. The maximum atomic E-state index is 12.5. The fourth-order valence-electron chi connectivity index (χ4n) is 4.11. The average molecular weight is 601 g/mol. The lowest BCUT2D eigenvalue weighted by Gasteiger charge is -2.24. The Morgan fingerprint density at radius 1 is 0.707 bits per heavy atom. The maximum Gasteiger partial charge on any atom is 0.500 e. The lowest BCUT2D eigenvalue weighted by atomic mass is 10.1. The highest BCUT2D eigenvalue weighted by Crippen LogP contribution is 2.31. The number of benzene rings is 1. The van der Waals surface area contributed by atoms with Crippen molar-refractivity contribution in [3.8, 4) is 11.5 Å². The Labute approximate surface area is 245 Å². The van der Waals surface area contributed by atoms with Gasteiger partial charge in [0.2, 0.25) is 11.8 Å². The Morgan fingerprint density at radius 2 is 1.24 bits per heavy atom. The summed E-state index contributed by atoms with van der Waals surface area (Å²) in [7, 11) is 2.15. The van der Waals surface area contributed by atoms with Crippen LogP contribution in [0.5, 0.6) is 11.5 Å². The van der Waals surface area contributed by atoms with Crippen LogP contribution in [0.15, 0.2) is 18.2 Å². The first-order chi connectivity index (χ1) is 20.0. The standard InChI is InChI=1S/C28H48N2O10Si/c1-33-41(34-2,35-3)22-8-13-29-27(31)9-6-4-5-7-10-28(32)30-24-11-12-25-26(23-24)40-21-19-38-17-15-36-14-16-37-18-20-39-25/h11-12,23H,4-10,13-22H2,1-3H3,(H,29,31)(H,30,32). The highest BCUT2D eigenvalue weighted by molar-refractivity contribution is 6.60. The maximum absolute atomic E-state index is 12.5. The van der Waals surface area contributed by atoms with Crippen LogP contribution in [-0.2, 0) is 37.1 Å². The van der Waals surface area contributed by atoms with Crippen LogP contribution < -0.4 is 20.1 Å². The topological polar surface area (TPSA) is 132 Å². The molecule has 2 amide bonds. The molecule has 1 heterocycles. The number of carbonyl (C=O) groups is 2. The summed E-state index contributed by atoms with van der Waals surface area (Å²) >= 11 is 0. The minimum absolute atomic E-state index is 0.0273. The predicted molar refractivity (Wildman–Crippen MR) is 155 cm³/mol. The van der Waals surface area contributed by atoms with Crippen molar-refractivity contribution in [2.75, 3.05) is 86.0 Å². The first-order valence-corrected chi connectivity index (χ1v) is 16.3. The first kappa shape index (κ1) is 34.9. The van der Waals surface area contributed by atoms with Gasteiger partial charge in [0.25, 0.3) is 0 Å². The molecule has 0 unspecified atom stereocenters. The van der Waals surface area contributed by atoms with Gasteiger partial charge >= 0.3 is 8.80 Å². The quantitative estimate of drug-likeness (QED) is 0.229. The summed E-state index contributed by atoms with van der Waals surface area (Å²) in [5.41, 5.74) is 0.638. The lowest BCUT2D eigenvalue weighted by molar-refractivity contribution is -0.121. The number of amides is 2. The zero-order valence-electron chi connectivity index (χ0n) is 24.8. The largest absolute Gasteiger partial charge is 0.500 e. The van der Waals surface area contributed by atoms with Gasteiger partial charge in [0.15, 0.2) is 11.5 Å². The number of hydrogen-bond acceptors (Lipinski definition) is 10. The molecule has 12 nitrogen and oxygen atoms in total. The van der Waals surface area contributed by atoms with Gasteiger partial charge in [0.1, 0.15) is 13.2 Å². The Morgan fingerprint density at radius 3 is 1.83 bits per heavy atom. The van der Waals surface area contributed by atoms with E-state index in [1.165, 1.54) is 0 Å². The summed E-state index contributed by atoms with van der Waals surface area (Å²) in [6, 6.07) is 5.98. The summed E-state index contributed by atoms with van der Waals surface area (Å²) in [5.74, 6) is 1.07. The van der Waals surface area contributed by atoms with E-state index in [4.69, 9.17) is 37.0 Å². The van der Waals surface area contributed by atoms with E-state index >= 15 is 0 Å². The molecule has 0 spiro atoms. The molecule has 13 heteroatoms. The van der Waals surface area contributed by atoms with E-state index in [1.54, 1.807) is 39.5 Å². The third kappa shape index (κ3) is 15.0. The number of rotatable bonds is 15. The summed E-state index contributed by atoms with van der Waals surface area (Å²) in [6.45, 7) is 4.12. The number of ether oxygens (including phenoxy) is 5. The molecule has 234 valence electrons. The van der Waals surface area contributed by atoms with Crippen molar-refractivity contribution in [2.24, 2.45) is 0 Å². The molecule has 1 aromatic carbocycles. The molecule has 1 aliphatic rings. The Balaban J connectivity index is 1.64. The summed E-state index contributed by atoms with van der Waals surface area (Å²) in [6.07, 6.45) is 4.88. The number of fused-ring (bicyclic) bond motifs is 1. The SMILES string of the molecule is CO[Si](CCCNC(=O)CCCCCCC(=O)Nc1ccc2c(c1)OCCOCCOCCOCCO2)(OC)OC. The molecule has 0 aliphatic carbocycles. The van der Waals surface area contributed by atoms with Crippen LogP contribution in [0.1, 0.15) is 44.9 Å². The van der Waals surface area contributed by atoms with Crippen molar-refractivity contribution in [3.63, 3.8) is 0 Å². The molecule has 0 saturated carbocycles. The smallest absolute Gasteiger partial charge is 0.487 e. The van der Waals surface area contributed by atoms with Gasteiger partial charge < -0.3 is 47.6 Å². The van der Waals surface area contributed by atoms with Crippen molar-refractivity contribution in [1.29, 1.82) is 0 Å². The van der Waals surface area contributed by atoms with Crippen LogP contribution in [0.4, 0.5) is 5.69 Å². The van der Waals surface area contributed by atoms with Gasteiger partial charge in [-0.3, -0.25) is 9.59 Å². The number of hydrogen-bond donors (Lipinski definition) is 2. The second-order valence-electron chi connectivity index (χ2n) is 9.41. The Kier molecular flexibility index (Phi) is 18.3. The second-order valence-corrected chi connectivity index (χ2v) is 12.5. The lowest BCUT2D eigenvalue weighted by Crippen LogP contribution is -2.43.